The van der Waals surface area contributed by atoms with Gasteiger partial charge in [-0.25, -0.2) is 9.78 Å². The van der Waals surface area contributed by atoms with Gasteiger partial charge in [0.05, 0.1) is 5.69 Å². The van der Waals surface area contributed by atoms with Gasteiger partial charge in [0.1, 0.15) is 0 Å². The van der Waals surface area contributed by atoms with Crippen LogP contribution in [0, 0.1) is 0 Å². The number of aromatic carboxylic acids is 1. The SMILES string of the molecule is O=C(O)c1ncccc1NCc1cccnc1. The second-order valence-corrected chi connectivity index (χ2v) is 3.42. The number of carboxylic acids is 1. The van der Waals surface area contributed by atoms with Gasteiger partial charge in [-0.1, -0.05) is 6.07 Å². The van der Waals surface area contributed by atoms with E-state index in [0.717, 1.165) is 5.56 Å². The number of pyridine rings is 2. The number of nitrogens with zero attached hydrogens (tertiary/aromatic N) is 2. The number of carbonyl (C=O) groups is 1. The van der Waals surface area contributed by atoms with Crippen molar-refractivity contribution < 1.29 is 9.90 Å². The molecule has 0 saturated carbocycles. The molecule has 2 aromatic heterocycles. The maximum absolute atomic E-state index is 10.9. The fraction of sp³-hybridized carbons (Fsp3) is 0.0833. The minimum atomic E-state index is -1.04. The average Bonchev–Trinajstić information content (AvgIpc) is 2.38. The first-order valence-electron chi connectivity index (χ1n) is 5.08. The van der Waals surface area contributed by atoms with Crippen LogP contribution in [0.4, 0.5) is 5.69 Å². The van der Waals surface area contributed by atoms with Crippen LogP contribution >= 0.6 is 0 Å². The number of nitrogens with one attached hydrogen (secondary N) is 1. The van der Waals surface area contributed by atoms with Crippen LogP contribution in [0.1, 0.15) is 16.1 Å². The molecule has 0 saturated heterocycles. The molecule has 0 radical (unpaired) electrons. The Hall–Kier alpha value is -2.43. The highest BCUT2D eigenvalue weighted by Crippen LogP contribution is 2.13. The van der Waals surface area contributed by atoms with Gasteiger partial charge in [-0.2, -0.15) is 0 Å². The number of aromatic nitrogens is 2. The van der Waals surface area contributed by atoms with Crippen molar-refractivity contribution in [1.29, 1.82) is 0 Å². The summed E-state index contributed by atoms with van der Waals surface area (Å²) in [6, 6.07) is 7.13. The van der Waals surface area contributed by atoms with E-state index in [1.54, 1.807) is 24.5 Å². The maximum atomic E-state index is 10.9. The zero-order valence-corrected chi connectivity index (χ0v) is 9.00. The third-order valence-corrected chi connectivity index (χ3v) is 2.22. The molecule has 86 valence electrons. The molecule has 17 heavy (non-hydrogen) atoms. The largest absolute Gasteiger partial charge is 0.476 e. The Bertz CT molecular complexity index is 514. The van der Waals surface area contributed by atoms with Gasteiger partial charge in [0.15, 0.2) is 5.69 Å². The van der Waals surface area contributed by atoms with Crippen molar-refractivity contribution in [3.05, 3.63) is 54.1 Å². The van der Waals surface area contributed by atoms with Crippen LogP contribution in [0.15, 0.2) is 42.9 Å². The van der Waals surface area contributed by atoms with E-state index in [-0.39, 0.29) is 5.69 Å². The van der Waals surface area contributed by atoms with Crippen LogP contribution in [-0.4, -0.2) is 21.0 Å². The third-order valence-electron chi connectivity index (χ3n) is 2.22. The van der Waals surface area contributed by atoms with E-state index in [0.29, 0.717) is 12.2 Å². The monoisotopic (exact) mass is 229 g/mol. The minimum Gasteiger partial charge on any atom is -0.476 e. The molecular formula is C12H11N3O2. The number of hydrogen-bond acceptors (Lipinski definition) is 4. The van der Waals surface area contributed by atoms with Crippen molar-refractivity contribution in [3.63, 3.8) is 0 Å². The molecule has 0 unspecified atom stereocenters. The van der Waals surface area contributed by atoms with Crippen LogP contribution < -0.4 is 5.32 Å². The van der Waals surface area contributed by atoms with Crippen molar-refractivity contribution >= 4 is 11.7 Å². The Morgan fingerprint density at radius 1 is 1.29 bits per heavy atom. The molecule has 0 spiro atoms. The van der Waals surface area contributed by atoms with E-state index in [2.05, 4.69) is 15.3 Å². The molecule has 0 aliphatic heterocycles. The molecule has 0 aromatic carbocycles. The van der Waals surface area contributed by atoms with Crippen LogP contribution in [0.2, 0.25) is 0 Å². The quantitative estimate of drug-likeness (QED) is 0.835. The first kappa shape index (κ1) is 11.1. The van der Waals surface area contributed by atoms with E-state index < -0.39 is 5.97 Å². The second-order valence-electron chi connectivity index (χ2n) is 3.42. The standard InChI is InChI=1S/C12H11N3O2/c16-12(17)11-10(4-2-6-14-11)15-8-9-3-1-5-13-7-9/h1-7,15H,8H2,(H,16,17). The summed E-state index contributed by atoms with van der Waals surface area (Å²) >= 11 is 0. The van der Waals surface area contributed by atoms with Crippen LogP contribution in [-0.2, 0) is 6.54 Å². The topological polar surface area (TPSA) is 75.1 Å². The van der Waals surface area contributed by atoms with Gasteiger partial charge in [0.2, 0.25) is 0 Å². The van der Waals surface area contributed by atoms with E-state index in [1.165, 1.54) is 6.20 Å². The Kier molecular flexibility index (Phi) is 3.30. The van der Waals surface area contributed by atoms with Gasteiger partial charge in [0.25, 0.3) is 0 Å². The van der Waals surface area contributed by atoms with E-state index in [4.69, 9.17) is 5.11 Å². The van der Waals surface area contributed by atoms with Gasteiger partial charge in [-0.3, -0.25) is 4.98 Å². The fourth-order valence-electron chi connectivity index (χ4n) is 1.42. The average molecular weight is 229 g/mol. The highest BCUT2D eigenvalue weighted by Gasteiger charge is 2.10. The molecule has 2 rings (SSSR count). The van der Waals surface area contributed by atoms with Crippen LogP contribution in [0.5, 0.6) is 0 Å². The van der Waals surface area contributed by atoms with Crippen LogP contribution in [0.3, 0.4) is 0 Å². The van der Waals surface area contributed by atoms with E-state index in [9.17, 15) is 4.79 Å². The lowest BCUT2D eigenvalue weighted by Gasteiger charge is -2.08. The number of hydrogen-bond donors (Lipinski definition) is 2. The first-order chi connectivity index (χ1) is 8.27. The molecule has 2 heterocycles. The summed E-state index contributed by atoms with van der Waals surface area (Å²) in [6.07, 6.45) is 4.87. The number of carboxylic acid groups (broad SMARTS) is 1. The molecule has 0 fully saturated rings. The Balaban J connectivity index is 2.12. The molecule has 0 aliphatic carbocycles. The molecule has 0 amide bonds. The van der Waals surface area contributed by atoms with Crippen molar-refractivity contribution in [2.45, 2.75) is 6.54 Å². The van der Waals surface area contributed by atoms with Gasteiger partial charge in [-0.05, 0) is 23.8 Å². The lowest BCUT2D eigenvalue weighted by atomic mass is 10.2. The highest BCUT2D eigenvalue weighted by molar-refractivity contribution is 5.91. The Labute approximate surface area is 98.2 Å². The third kappa shape index (κ3) is 2.78. The van der Waals surface area contributed by atoms with E-state index >= 15 is 0 Å². The lowest BCUT2D eigenvalue weighted by Crippen LogP contribution is -2.08. The molecule has 5 nitrogen and oxygen atoms in total. The molecule has 2 aromatic rings. The summed E-state index contributed by atoms with van der Waals surface area (Å²) in [5, 5.41) is 12.0. The normalized spacial score (nSPS) is 9.88. The molecule has 0 aliphatic rings. The minimum absolute atomic E-state index is 0.0244. The Morgan fingerprint density at radius 2 is 2.12 bits per heavy atom. The van der Waals surface area contributed by atoms with Gasteiger partial charge < -0.3 is 10.4 Å². The van der Waals surface area contributed by atoms with Crippen molar-refractivity contribution in [2.24, 2.45) is 0 Å². The van der Waals surface area contributed by atoms with Crippen molar-refractivity contribution in [1.82, 2.24) is 9.97 Å². The second kappa shape index (κ2) is 5.07. The lowest BCUT2D eigenvalue weighted by molar-refractivity contribution is 0.0691. The summed E-state index contributed by atoms with van der Waals surface area (Å²) < 4.78 is 0. The van der Waals surface area contributed by atoms with Crippen molar-refractivity contribution in [3.8, 4) is 0 Å². The zero-order chi connectivity index (χ0) is 12.1. The van der Waals surface area contributed by atoms with Crippen LogP contribution in [0.25, 0.3) is 0 Å². The van der Waals surface area contributed by atoms with E-state index in [1.807, 2.05) is 12.1 Å². The predicted molar refractivity (Wildman–Crippen MR) is 62.8 cm³/mol. The number of anilines is 1. The number of rotatable bonds is 4. The predicted octanol–water partition coefficient (Wildman–Crippen LogP) is 1.79. The fourth-order valence-corrected chi connectivity index (χ4v) is 1.42. The summed E-state index contributed by atoms with van der Waals surface area (Å²) in [6.45, 7) is 0.514. The Morgan fingerprint density at radius 3 is 2.82 bits per heavy atom. The summed E-state index contributed by atoms with van der Waals surface area (Å²) in [4.78, 5) is 18.7. The van der Waals surface area contributed by atoms with Gasteiger partial charge in [-0.15, -0.1) is 0 Å². The molecule has 0 bridgehead atoms. The summed E-state index contributed by atoms with van der Waals surface area (Å²) in [5.74, 6) is -1.04. The van der Waals surface area contributed by atoms with Gasteiger partial charge >= 0.3 is 5.97 Å². The van der Waals surface area contributed by atoms with Crippen molar-refractivity contribution in [2.75, 3.05) is 5.32 Å². The first-order valence-corrected chi connectivity index (χ1v) is 5.08. The van der Waals surface area contributed by atoms with Gasteiger partial charge in [0, 0.05) is 25.1 Å². The summed E-state index contributed by atoms with van der Waals surface area (Å²) in [5.41, 5.74) is 1.51. The molecule has 0 atom stereocenters. The molecule has 5 heteroatoms. The highest BCUT2D eigenvalue weighted by atomic mass is 16.4. The smallest absolute Gasteiger partial charge is 0.356 e. The summed E-state index contributed by atoms with van der Waals surface area (Å²) in [7, 11) is 0. The maximum Gasteiger partial charge on any atom is 0.356 e. The molecular weight excluding hydrogens is 218 g/mol. The zero-order valence-electron chi connectivity index (χ0n) is 9.00. The molecule has 2 N–H and O–H groups in total.